The van der Waals surface area contributed by atoms with E-state index in [2.05, 4.69) is 9.97 Å². The van der Waals surface area contributed by atoms with Gasteiger partial charge in [0.15, 0.2) is 0 Å². The molecule has 0 aliphatic rings. The summed E-state index contributed by atoms with van der Waals surface area (Å²) in [6, 6.07) is 0. The molecular weight excluding hydrogens is 210 g/mol. The van der Waals surface area contributed by atoms with E-state index in [0.717, 1.165) is 0 Å². The van der Waals surface area contributed by atoms with Crippen LogP contribution < -0.4 is 5.56 Å². The lowest BCUT2D eigenvalue weighted by molar-refractivity contribution is -0.136. The van der Waals surface area contributed by atoms with Crippen LogP contribution in [0.3, 0.4) is 0 Å². The van der Waals surface area contributed by atoms with Gasteiger partial charge >= 0.3 is 5.97 Å². The number of imidazole rings is 1. The number of carboxylic acids is 1. The van der Waals surface area contributed by atoms with Crippen molar-refractivity contribution in [2.45, 2.75) is 20.3 Å². The van der Waals surface area contributed by atoms with Crippen molar-refractivity contribution in [1.29, 1.82) is 0 Å². The molecule has 6 heteroatoms. The maximum absolute atomic E-state index is 12.0. The number of aliphatic carboxylic acids is 1. The highest BCUT2D eigenvalue weighted by molar-refractivity contribution is 5.70. The normalized spacial score (nSPS) is 10.9. The zero-order chi connectivity index (χ0) is 11.9. The van der Waals surface area contributed by atoms with Crippen molar-refractivity contribution in [1.82, 2.24) is 14.4 Å². The number of aromatic nitrogens is 3. The number of carbonyl (C=O) groups is 1. The lowest BCUT2D eigenvalue weighted by atomic mass is 10.2. The second-order valence-corrected chi connectivity index (χ2v) is 3.66. The molecule has 6 nitrogen and oxygen atoms in total. The Labute approximate surface area is 90.6 Å². The number of aromatic amines is 1. The lowest BCUT2D eigenvalue weighted by Gasteiger charge is -2.04. The van der Waals surface area contributed by atoms with Gasteiger partial charge in [0.1, 0.15) is 0 Å². The van der Waals surface area contributed by atoms with Crippen molar-refractivity contribution in [3.8, 4) is 0 Å². The third-order valence-corrected chi connectivity index (χ3v) is 2.48. The van der Waals surface area contributed by atoms with Crippen LogP contribution >= 0.6 is 0 Å². The molecule has 0 saturated heterocycles. The van der Waals surface area contributed by atoms with Crippen molar-refractivity contribution < 1.29 is 9.90 Å². The molecule has 0 spiro atoms. The molecule has 2 aromatic heterocycles. The zero-order valence-corrected chi connectivity index (χ0v) is 8.94. The molecule has 0 bridgehead atoms. The van der Waals surface area contributed by atoms with E-state index in [1.165, 1.54) is 4.40 Å². The number of hydrogen-bond donors (Lipinski definition) is 2. The van der Waals surface area contributed by atoms with E-state index >= 15 is 0 Å². The molecule has 0 saturated carbocycles. The average Bonchev–Trinajstić information content (AvgIpc) is 2.54. The monoisotopic (exact) mass is 221 g/mol. The molecule has 16 heavy (non-hydrogen) atoms. The summed E-state index contributed by atoms with van der Waals surface area (Å²) in [5, 5.41) is 8.73. The van der Waals surface area contributed by atoms with Crippen LogP contribution in [-0.4, -0.2) is 25.4 Å². The second-order valence-electron chi connectivity index (χ2n) is 3.66. The highest BCUT2D eigenvalue weighted by atomic mass is 16.4. The van der Waals surface area contributed by atoms with E-state index in [9.17, 15) is 9.59 Å². The van der Waals surface area contributed by atoms with Gasteiger partial charge in [-0.3, -0.25) is 9.59 Å². The Morgan fingerprint density at radius 1 is 1.56 bits per heavy atom. The van der Waals surface area contributed by atoms with Gasteiger partial charge in [-0.25, -0.2) is 9.38 Å². The first kappa shape index (κ1) is 10.4. The van der Waals surface area contributed by atoms with Crippen LogP contribution in [0.1, 0.15) is 17.0 Å². The molecule has 0 amide bonds. The number of carboxylic acid groups (broad SMARTS) is 1. The molecule has 0 aliphatic carbocycles. The van der Waals surface area contributed by atoms with Crippen LogP contribution in [0, 0.1) is 13.8 Å². The summed E-state index contributed by atoms with van der Waals surface area (Å²) in [4.78, 5) is 29.6. The van der Waals surface area contributed by atoms with Gasteiger partial charge in [0.05, 0.1) is 12.6 Å². The Bertz CT molecular complexity index is 624. The molecule has 2 N–H and O–H groups in total. The van der Waals surface area contributed by atoms with E-state index < -0.39 is 5.97 Å². The Balaban J connectivity index is 2.79. The Morgan fingerprint density at radius 3 is 2.88 bits per heavy atom. The number of fused-ring (bicyclic) bond motifs is 1. The highest BCUT2D eigenvalue weighted by Crippen LogP contribution is 2.05. The number of nitrogens with one attached hydrogen (secondary N) is 1. The molecule has 2 heterocycles. The standard InChI is InChI=1S/C10H11N3O3/c1-5-4-11-10-12-6(2)7(3-8(14)15)9(16)13(5)10/h4H,3H2,1-2H3,(H,11,12)(H,14,15). The largest absolute Gasteiger partial charge is 0.481 e. The number of H-pyrrole nitrogens is 1. The Hall–Kier alpha value is -2.11. The van der Waals surface area contributed by atoms with Gasteiger partial charge in [0.25, 0.3) is 5.56 Å². The van der Waals surface area contributed by atoms with Crippen LogP contribution in [0.2, 0.25) is 0 Å². The SMILES string of the molecule is Cc1[nH]c2ncc(C)n2c(=O)c1CC(=O)O. The predicted molar refractivity (Wildman–Crippen MR) is 56.6 cm³/mol. The number of rotatable bonds is 2. The van der Waals surface area contributed by atoms with E-state index in [0.29, 0.717) is 17.2 Å². The lowest BCUT2D eigenvalue weighted by Crippen LogP contribution is -2.23. The van der Waals surface area contributed by atoms with Crippen LogP contribution in [0.4, 0.5) is 0 Å². The van der Waals surface area contributed by atoms with Gasteiger partial charge < -0.3 is 10.1 Å². The molecule has 0 radical (unpaired) electrons. The first-order valence-electron chi connectivity index (χ1n) is 4.78. The van der Waals surface area contributed by atoms with Crippen molar-refractivity contribution in [2.75, 3.05) is 0 Å². The molecule has 0 aliphatic heterocycles. The molecule has 2 aromatic rings. The fraction of sp³-hybridized carbons (Fsp3) is 0.300. The predicted octanol–water partition coefficient (Wildman–Crippen LogP) is 0.267. The Kier molecular flexibility index (Phi) is 2.26. The molecule has 2 rings (SSSR count). The second kappa shape index (κ2) is 3.48. The topological polar surface area (TPSA) is 87.5 Å². The minimum atomic E-state index is -1.02. The van der Waals surface area contributed by atoms with E-state index in [4.69, 9.17) is 5.11 Å². The van der Waals surface area contributed by atoms with Gasteiger partial charge in [-0.15, -0.1) is 0 Å². The summed E-state index contributed by atoms with van der Waals surface area (Å²) in [6.07, 6.45) is 1.28. The third kappa shape index (κ3) is 1.48. The van der Waals surface area contributed by atoms with Gasteiger partial charge in [0, 0.05) is 17.0 Å². The summed E-state index contributed by atoms with van der Waals surface area (Å²) in [6.45, 7) is 3.42. The van der Waals surface area contributed by atoms with Gasteiger partial charge in [0.2, 0.25) is 5.78 Å². The average molecular weight is 221 g/mol. The fourth-order valence-corrected chi connectivity index (χ4v) is 1.68. The van der Waals surface area contributed by atoms with E-state index in [1.807, 2.05) is 0 Å². The quantitative estimate of drug-likeness (QED) is 0.761. The first-order chi connectivity index (χ1) is 7.50. The van der Waals surface area contributed by atoms with E-state index in [-0.39, 0.29) is 17.5 Å². The third-order valence-electron chi connectivity index (χ3n) is 2.48. The summed E-state index contributed by atoms with van der Waals surface area (Å²) in [7, 11) is 0. The van der Waals surface area contributed by atoms with Gasteiger partial charge in [-0.1, -0.05) is 0 Å². The maximum atomic E-state index is 12.0. The fourth-order valence-electron chi connectivity index (χ4n) is 1.68. The van der Waals surface area contributed by atoms with Crippen molar-refractivity contribution >= 4 is 11.7 Å². The summed E-state index contributed by atoms with van der Waals surface area (Å²) >= 11 is 0. The van der Waals surface area contributed by atoms with Crippen LogP contribution in [0.15, 0.2) is 11.0 Å². The van der Waals surface area contributed by atoms with Crippen LogP contribution in [0.5, 0.6) is 0 Å². The molecule has 0 unspecified atom stereocenters. The van der Waals surface area contributed by atoms with Crippen LogP contribution in [0.25, 0.3) is 5.78 Å². The zero-order valence-electron chi connectivity index (χ0n) is 8.94. The smallest absolute Gasteiger partial charge is 0.308 e. The molecule has 84 valence electrons. The minimum absolute atomic E-state index is 0.265. The minimum Gasteiger partial charge on any atom is -0.481 e. The van der Waals surface area contributed by atoms with E-state index in [1.54, 1.807) is 20.0 Å². The molecular formula is C10H11N3O3. The summed E-state index contributed by atoms with van der Waals surface area (Å²) in [5.74, 6) is -0.583. The number of hydrogen-bond acceptors (Lipinski definition) is 3. The molecule has 0 atom stereocenters. The summed E-state index contributed by atoms with van der Waals surface area (Å²) in [5.41, 5.74) is 1.18. The van der Waals surface area contributed by atoms with Crippen molar-refractivity contribution in [2.24, 2.45) is 0 Å². The first-order valence-corrected chi connectivity index (χ1v) is 4.78. The molecule has 0 aromatic carbocycles. The molecule has 0 fully saturated rings. The van der Waals surface area contributed by atoms with Crippen molar-refractivity contribution in [3.63, 3.8) is 0 Å². The van der Waals surface area contributed by atoms with Crippen LogP contribution in [-0.2, 0) is 11.2 Å². The highest BCUT2D eigenvalue weighted by Gasteiger charge is 2.13. The number of nitrogens with zero attached hydrogens (tertiary/aromatic N) is 2. The van der Waals surface area contributed by atoms with Gasteiger partial charge in [-0.05, 0) is 13.8 Å². The number of aryl methyl sites for hydroxylation is 2. The summed E-state index contributed by atoms with van der Waals surface area (Å²) < 4.78 is 1.38. The van der Waals surface area contributed by atoms with Crippen molar-refractivity contribution in [3.05, 3.63) is 33.5 Å². The van der Waals surface area contributed by atoms with Gasteiger partial charge in [-0.2, -0.15) is 0 Å². The Morgan fingerprint density at radius 2 is 2.25 bits per heavy atom. The maximum Gasteiger partial charge on any atom is 0.308 e.